The number of hydrogen-bond acceptors (Lipinski definition) is 25. The summed E-state index contributed by atoms with van der Waals surface area (Å²) in [5.41, 5.74) is 33.3. The number of amidine groups is 5. The standard InChI is InChI=1S/C13H22O3.2C12H22N2O2.C11H20N2O2.C10H19N3O2.2C10H18N2O2.C9H16N2O2/c1-9(2)12(15)13(16)6-4-11(5-7-13)8-10(3)14;1-8(2)11(15)12(16)6-4-5-10(7-12)14-9(3)13;1-8(2)11(15)12(16)7-5-4-6-10(12)14-9(3)13;1-7(2)10(14)11(15)5-4-9(6-11)13-8(3)12;1-6(2)8(14)10(15)5-3-4-7(10)13-9(11)12;1-6(2)9(13)10(14)4-7(5-10)3-8(11)12;1-6(2)9(13)10(14)5-4-8(10)12-7(3)11;1-5(2)8(12)9(13)4-7(9)11-6(3)10/h9,11,16H,4-8H2,1-3H3;2*8,10,16H,4-7H2,1-3H3,(H2,13,14);7,9,13,15H,3-6,12H2,1-2H3;6-7,15H,3-5H2,1-2H3,(H4,11,12,13);6-7,14H,3-5H2,1-2H3,(H3,11,12);6,8,14H,4-5H2,1-3H3,(H2,11,12);5,7,13H,4H2,1-3H3,(H2,10,11). The zero-order chi connectivity index (χ0) is 92.4. The molecule has 8 aliphatic rings. The Hall–Kier alpha value is -7.33. The van der Waals surface area contributed by atoms with Crippen molar-refractivity contribution >= 4 is 87.2 Å². The Bertz CT molecular complexity index is 3580. The topological polar surface area (TPSA) is 621 Å². The van der Waals surface area contributed by atoms with Crippen LogP contribution < -0.4 is 51.2 Å². The number of Topliss-reactive ketones (excluding diaryl/α,β-unsaturated/α-hetero) is 9. The van der Waals surface area contributed by atoms with Gasteiger partial charge in [-0.1, -0.05) is 124 Å². The van der Waals surface area contributed by atoms with E-state index in [0.29, 0.717) is 131 Å². The fourth-order valence-electron chi connectivity index (χ4n) is 16.8. The molecule has 0 bridgehead atoms. The summed E-state index contributed by atoms with van der Waals surface area (Å²) in [6.45, 7) is 40.6. The number of rotatable bonds is 27. The SMILES string of the molecule is C=C(N)NC1CCC(O)(C(=O)C(C)C)C1.CC(=O)CC1CCC(O)(C(=O)C(C)C)CC1.CC(C)C(=O)C1(O)CC(CC(=N)N)C1.CC(C)C(=O)C1(O)CCCC1N=C(N)N.CC(N)=NC1CC1(O)C(=O)C(C)C.CC(N)=NC1CCC1(O)C(=O)C(C)C.CC(N)=NC1CCCC(O)(C(=O)C(C)C)C1.CC(N)=NC1CCCCC1(O)C(=O)C(C)C. The highest BCUT2D eigenvalue weighted by atomic mass is 16.3. The van der Waals surface area contributed by atoms with Crippen LogP contribution in [0, 0.1) is 64.6 Å². The molecule has 119 heavy (non-hydrogen) atoms. The summed E-state index contributed by atoms with van der Waals surface area (Å²) < 4.78 is 0. The van der Waals surface area contributed by atoms with Crippen molar-refractivity contribution in [1.82, 2.24) is 5.32 Å². The molecule has 682 valence electrons. The summed E-state index contributed by atoms with van der Waals surface area (Å²) in [4.78, 5) is 126. The molecule has 0 amide bonds. The maximum absolute atomic E-state index is 12.1. The molecule has 0 heterocycles. The number of guanidine groups is 1. The Balaban J connectivity index is 0.000000681. The number of nitrogens with two attached hydrogens (primary N) is 8. The number of carbonyl (C=O) groups excluding carboxylic acids is 9. The quantitative estimate of drug-likeness (QED) is 0.0323. The molecule has 0 radical (unpaired) electrons. The van der Waals surface area contributed by atoms with Crippen LogP contribution in [-0.4, -0.2) is 209 Å². The second-order valence-corrected chi connectivity index (χ2v) is 37.3. The van der Waals surface area contributed by atoms with E-state index >= 15 is 0 Å². The fraction of sp³-hybridized carbons (Fsp3) is 0.805. The highest BCUT2D eigenvalue weighted by Gasteiger charge is 2.60. The molecule has 32 nitrogen and oxygen atoms in total. The number of aliphatic hydroxyl groups is 8. The molecular formula is C87H157N15O17. The van der Waals surface area contributed by atoms with Crippen molar-refractivity contribution in [2.75, 3.05) is 0 Å². The third-order valence-corrected chi connectivity index (χ3v) is 23.0. The predicted molar refractivity (Wildman–Crippen MR) is 468 cm³/mol. The van der Waals surface area contributed by atoms with Gasteiger partial charge in [-0.05, 0) is 168 Å². The van der Waals surface area contributed by atoms with E-state index in [4.69, 9.17) is 51.3 Å². The summed E-state index contributed by atoms with van der Waals surface area (Å²) in [6.07, 6.45) is 15.7. The number of hydrogen-bond donors (Lipinski definition) is 18. The number of nitrogens with zero attached hydrogens (tertiary/aromatic N) is 5. The van der Waals surface area contributed by atoms with Crippen LogP contribution in [0.1, 0.15) is 306 Å². The van der Waals surface area contributed by atoms with Crippen LogP contribution in [-0.2, 0) is 43.2 Å². The second kappa shape index (κ2) is 47.3. The molecule has 12 unspecified atom stereocenters. The Morgan fingerprint density at radius 1 is 0.345 bits per heavy atom. The van der Waals surface area contributed by atoms with Gasteiger partial charge in [0.25, 0.3) is 0 Å². The summed E-state index contributed by atoms with van der Waals surface area (Å²) in [5.74, 6) is 1.00. The fourth-order valence-corrected chi connectivity index (χ4v) is 16.8. The molecule has 0 aromatic heterocycles. The van der Waals surface area contributed by atoms with Crippen molar-refractivity contribution in [3.63, 3.8) is 0 Å². The van der Waals surface area contributed by atoms with E-state index in [1.165, 1.54) is 0 Å². The Morgan fingerprint density at radius 3 is 1.07 bits per heavy atom. The first-order chi connectivity index (χ1) is 54.4. The molecule has 32 heteroatoms. The molecule has 12 atom stereocenters. The molecule has 0 aliphatic heterocycles. The monoisotopic (exact) mass is 1680 g/mol. The van der Waals surface area contributed by atoms with Crippen LogP contribution in [0.25, 0.3) is 0 Å². The van der Waals surface area contributed by atoms with E-state index in [2.05, 4.69) is 36.9 Å². The molecule has 0 aromatic rings. The van der Waals surface area contributed by atoms with Gasteiger partial charge in [0.2, 0.25) is 0 Å². The van der Waals surface area contributed by atoms with Crippen molar-refractivity contribution in [3.05, 3.63) is 12.4 Å². The van der Waals surface area contributed by atoms with Gasteiger partial charge in [-0.15, -0.1) is 0 Å². The van der Waals surface area contributed by atoms with Gasteiger partial charge < -0.3 is 96.8 Å². The Kier molecular flexibility index (Phi) is 43.6. The molecule has 8 rings (SSSR count). The van der Waals surface area contributed by atoms with Gasteiger partial charge in [0.05, 0.1) is 65.2 Å². The summed E-state index contributed by atoms with van der Waals surface area (Å²) >= 11 is 0. The van der Waals surface area contributed by atoms with Gasteiger partial charge in [0.15, 0.2) is 52.2 Å². The first kappa shape index (κ1) is 110. The molecule has 0 spiro atoms. The van der Waals surface area contributed by atoms with Gasteiger partial charge >= 0.3 is 0 Å². The minimum absolute atomic E-state index is 0.00792. The lowest BCUT2D eigenvalue weighted by atomic mass is 9.65. The highest BCUT2D eigenvalue weighted by Crippen LogP contribution is 2.45. The molecule has 8 aliphatic carbocycles. The van der Waals surface area contributed by atoms with Crippen molar-refractivity contribution in [2.24, 2.45) is 130 Å². The van der Waals surface area contributed by atoms with Crippen LogP contribution in [0.2, 0.25) is 0 Å². The van der Waals surface area contributed by atoms with E-state index < -0.39 is 50.9 Å². The van der Waals surface area contributed by atoms with E-state index in [1.807, 2.05) is 55.4 Å². The number of nitrogens with one attached hydrogen (secondary N) is 2. The average molecular weight is 1690 g/mol. The minimum Gasteiger partial charge on any atom is -0.388 e. The molecule has 0 aromatic carbocycles. The number of ketones is 9. The van der Waals surface area contributed by atoms with Crippen molar-refractivity contribution in [2.45, 2.75) is 387 Å². The lowest BCUT2D eigenvalue weighted by Crippen LogP contribution is -2.58. The van der Waals surface area contributed by atoms with Crippen molar-refractivity contribution in [1.29, 1.82) is 5.41 Å². The summed E-state index contributed by atoms with van der Waals surface area (Å²) in [6, 6.07) is -1.42. The zero-order valence-electron chi connectivity index (χ0n) is 75.7. The first-order valence-electron chi connectivity index (χ1n) is 42.9. The normalized spacial score (nSPS) is 31.6. The summed E-state index contributed by atoms with van der Waals surface area (Å²) in [5, 5.41) is 91.2. The minimum atomic E-state index is -1.36. The lowest BCUT2D eigenvalue weighted by molar-refractivity contribution is -0.155. The van der Waals surface area contributed by atoms with Crippen LogP contribution in [0.4, 0.5) is 0 Å². The molecule has 26 N–H and O–H groups in total. The van der Waals surface area contributed by atoms with Crippen molar-refractivity contribution in [3.8, 4) is 0 Å². The zero-order valence-corrected chi connectivity index (χ0v) is 75.7. The van der Waals surface area contributed by atoms with Gasteiger partial charge in [-0.25, -0.2) is 4.99 Å². The van der Waals surface area contributed by atoms with Gasteiger partial charge in [-0.2, -0.15) is 0 Å². The molecule has 8 saturated carbocycles. The predicted octanol–water partition coefficient (Wildman–Crippen LogP) is 6.17. The Morgan fingerprint density at radius 2 is 0.689 bits per heavy atom. The van der Waals surface area contributed by atoms with E-state index in [1.54, 1.807) is 90.0 Å². The maximum atomic E-state index is 12.1. The van der Waals surface area contributed by atoms with Crippen LogP contribution in [0.15, 0.2) is 37.4 Å². The average Bonchev–Trinajstić information content (AvgIpc) is 1.63. The Labute approximate surface area is 708 Å². The third kappa shape index (κ3) is 33.4. The number of carbonyl (C=O) groups is 9. The smallest absolute Gasteiger partial charge is 0.186 e. The van der Waals surface area contributed by atoms with E-state index in [0.717, 1.165) is 64.2 Å². The maximum Gasteiger partial charge on any atom is 0.186 e. The third-order valence-electron chi connectivity index (χ3n) is 23.0. The molecular weight excluding hydrogens is 1530 g/mol. The molecule has 0 saturated heterocycles. The van der Waals surface area contributed by atoms with Crippen molar-refractivity contribution < 1.29 is 84.0 Å². The van der Waals surface area contributed by atoms with Gasteiger partial charge in [0.1, 0.15) is 50.6 Å². The highest BCUT2D eigenvalue weighted by molar-refractivity contribution is 5.95. The number of aliphatic imine (C=N–C) groups is 5. The van der Waals surface area contributed by atoms with E-state index in [-0.39, 0.29) is 147 Å². The lowest BCUT2D eigenvalue weighted by Gasteiger charge is -2.43. The van der Waals surface area contributed by atoms with Crippen LogP contribution in [0.5, 0.6) is 0 Å². The van der Waals surface area contributed by atoms with Gasteiger partial charge in [0, 0.05) is 85.5 Å². The van der Waals surface area contributed by atoms with E-state index in [9.17, 15) is 84.0 Å². The molecule has 8 fully saturated rings. The second-order valence-electron chi connectivity index (χ2n) is 37.3. The van der Waals surface area contributed by atoms with Gasteiger partial charge in [-0.3, -0.25) is 63.7 Å². The first-order valence-corrected chi connectivity index (χ1v) is 42.9. The largest absolute Gasteiger partial charge is 0.388 e. The van der Waals surface area contributed by atoms with Crippen LogP contribution in [0.3, 0.4) is 0 Å². The summed E-state index contributed by atoms with van der Waals surface area (Å²) in [7, 11) is 0. The van der Waals surface area contributed by atoms with Crippen LogP contribution >= 0.6 is 0 Å².